The van der Waals surface area contributed by atoms with Gasteiger partial charge < -0.3 is 20.5 Å². The summed E-state index contributed by atoms with van der Waals surface area (Å²) in [5, 5.41) is 9.07. The average molecular weight is 254 g/mol. The zero-order valence-corrected chi connectivity index (χ0v) is 11.3. The first-order valence-electron chi connectivity index (χ1n) is 6.23. The highest BCUT2D eigenvalue weighted by molar-refractivity contribution is 5.67. The second-order valence-corrected chi connectivity index (χ2v) is 4.29. The second-order valence-electron chi connectivity index (χ2n) is 4.29. The number of anilines is 2. The van der Waals surface area contributed by atoms with Gasteiger partial charge in [-0.25, -0.2) is 4.98 Å². The Morgan fingerprint density at radius 1 is 1.39 bits per heavy atom. The molecule has 0 atom stereocenters. The summed E-state index contributed by atoms with van der Waals surface area (Å²) < 4.78 is 5.53. The molecule has 1 aromatic rings. The summed E-state index contributed by atoms with van der Waals surface area (Å²) in [6.07, 6.45) is 2.39. The van der Waals surface area contributed by atoms with Gasteiger partial charge in [0.25, 0.3) is 0 Å². The number of nitrogens with two attached hydrogens (primary N) is 1. The normalized spacial score (nSPS) is 10.7. The van der Waals surface area contributed by atoms with Crippen molar-refractivity contribution in [2.45, 2.75) is 33.3 Å². The smallest absolute Gasteiger partial charge is 0.242 e. The van der Waals surface area contributed by atoms with E-state index in [0.717, 1.165) is 13.0 Å². The lowest BCUT2D eigenvalue weighted by Crippen LogP contribution is -2.29. The number of hydrogen-bond acceptors (Lipinski definition) is 6. The summed E-state index contributed by atoms with van der Waals surface area (Å²) >= 11 is 0. The van der Waals surface area contributed by atoms with Gasteiger partial charge in [-0.1, -0.05) is 6.92 Å². The van der Waals surface area contributed by atoms with Crippen LogP contribution in [0.25, 0.3) is 0 Å². The molecule has 3 N–H and O–H groups in total. The van der Waals surface area contributed by atoms with Gasteiger partial charge in [0.15, 0.2) is 5.82 Å². The molecule has 6 nitrogen and oxygen atoms in total. The lowest BCUT2D eigenvalue weighted by Gasteiger charge is -2.24. The lowest BCUT2D eigenvalue weighted by molar-refractivity contribution is 0.233. The maximum atomic E-state index is 9.07. The molecule has 0 aromatic carbocycles. The number of aliphatic hydroxyl groups excluding tert-OH is 1. The van der Waals surface area contributed by atoms with Crippen molar-refractivity contribution in [3.05, 3.63) is 6.33 Å². The third-order valence-electron chi connectivity index (χ3n) is 2.34. The fourth-order valence-electron chi connectivity index (χ4n) is 1.65. The molecule has 0 fully saturated rings. The van der Waals surface area contributed by atoms with Gasteiger partial charge in [-0.15, -0.1) is 0 Å². The number of rotatable bonds is 7. The lowest BCUT2D eigenvalue weighted by atomic mass is 10.3. The van der Waals surface area contributed by atoms with Crippen LogP contribution in [0.5, 0.6) is 5.88 Å². The van der Waals surface area contributed by atoms with Crippen molar-refractivity contribution in [3.63, 3.8) is 0 Å². The van der Waals surface area contributed by atoms with Crippen molar-refractivity contribution in [1.29, 1.82) is 0 Å². The molecule has 0 aliphatic heterocycles. The van der Waals surface area contributed by atoms with Crippen molar-refractivity contribution in [3.8, 4) is 5.88 Å². The number of hydrogen-bond donors (Lipinski definition) is 2. The molecule has 0 unspecified atom stereocenters. The standard InChI is InChI=1S/C12H22N4O2/c1-4-5-16(6-7-17)11-10(13)12(15-8-14-11)18-9(2)3/h8-9,17H,4-7,13H2,1-3H3. The molecule has 1 aromatic heterocycles. The molecule has 0 aliphatic rings. The molecule has 0 bridgehead atoms. The molecule has 0 radical (unpaired) electrons. The van der Waals surface area contributed by atoms with E-state index < -0.39 is 0 Å². The molecule has 0 spiro atoms. The van der Waals surface area contributed by atoms with Crippen LogP contribution in [0.2, 0.25) is 0 Å². The predicted octanol–water partition coefficient (Wildman–Crippen LogP) is 1.05. The van der Waals surface area contributed by atoms with Crippen LogP contribution in [0.1, 0.15) is 27.2 Å². The van der Waals surface area contributed by atoms with Crippen LogP contribution < -0.4 is 15.4 Å². The van der Waals surface area contributed by atoms with Gasteiger partial charge in [-0.2, -0.15) is 4.98 Å². The molecular formula is C12H22N4O2. The number of aliphatic hydroxyl groups is 1. The van der Waals surface area contributed by atoms with Gasteiger partial charge in [0.1, 0.15) is 12.0 Å². The first-order valence-corrected chi connectivity index (χ1v) is 6.23. The highest BCUT2D eigenvalue weighted by Gasteiger charge is 2.15. The Balaban J connectivity index is 2.99. The Morgan fingerprint density at radius 2 is 2.11 bits per heavy atom. The second kappa shape index (κ2) is 7.00. The Morgan fingerprint density at radius 3 is 2.67 bits per heavy atom. The molecular weight excluding hydrogens is 232 g/mol. The van der Waals surface area contributed by atoms with E-state index in [4.69, 9.17) is 15.6 Å². The summed E-state index contributed by atoms with van der Waals surface area (Å²) in [4.78, 5) is 10.2. The van der Waals surface area contributed by atoms with Crippen molar-refractivity contribution >= 4 is 11.5 Å². The number of nitrogen functional groups attached to an aromatic ring is 1. The van der Waals surface area contributed by atoms with Gasteiger partial charge >= 0.3 is 0 Å². The van der Waals surface area contributed by atoms with Crippen LogP contribution in [-0.2, 0) is 0 Å². The molecule has 1 heterocycles. The van der Waals surface area contributed by atoms with Crippen molar-refractivity contribution in [1.82, 2.24) is 9.97 Å². The predicted molar refractivity (Wildman–Crippen MR) is 71.8 cm³/mol. The first kappa shape index (κ1) is 14.5. The summed E-state index contributed by atoms with van der Waals surface area (Å²) in [6.45, 7) is 7.23. The molecule has 18 heavy (non-hydrogen) atoms. The van der Waals surface area contributed by atoms with Crippen LogP contribution in [0.4, 0.5) is 11.5 Å². The SMILES string of the molecule is CCCN(CCO)c1ncnc(OC(C)C)c1N. The zero-order chi connectivity index (χ0) is 13.5. The van der Waals surface area contributed by atoms with E-state index in [-0.39, 0.29) is 12.7 Å². The maximum absolute atomic E-state index is 9.07. The highest BCUT2D eigenvalue weighted by atomic mass is 16.5. The van der Waals surface area contributed by atoms with Crippen LogP contribution >= 0.6 is 0 Å². The minimum Gasteiger partial charge on any atom is -0.473 e. The van der Waals surface area contributed by atoms with Crippen LogP contribution in [-0.4, -0.2) is 40.9 Å². The van der Waals surface area contributed by atoms with Gasteiger partial charge in [-0.05, 0) is 20.3 Å². The fraction of sp³-hybridized carbons (Fsp3) is 0.667. The molecule has 0 saturated carbocycles. The largest absolute Gasteiger partial charge is 0.473 e. The first-order chi connectivity index (χ1) is 8.60. The third-order valence-corrected chi connectivity index (χ3v) is 2.34. The number of aromatic nitrogens is 2. The summed E-state index contributed by atoms with van der Waals surface area (Å²) in [7, 11) is 0. The maximum Gasteiger partial charge on any atom is 0.242 e. The highest BCUT2D eigenvalue weighted by Crippen LogP contribution is 2.28. The molecule has 0 aliphatic carbocycles. The molecule has 6 heteroatoms. The minimum atomic E-state index is 0.00696. The van der Waals surface area contributed by atoms with E-state index in [2.05, 4.69) is 16.9 Å². The Bertz CT molecular complexity index is 365. The number of nitrogens with zero attached hydrogens (tertiary/aromatic N) is 3. The van der Waals surface area contributed by atoms with Crippen molar-refractivity contribution in [2.75, 3.05) is 30.3 Å². The van der Waals surface area contributed by atoms with E-state index >= 15 is 0 Å². The van der Waals surface area contributed by atoms with Gasteiger partial charge in [-0.3, -0.25) is 0 Å². The Kier molecular flexibility index (Phi) is 5.64. The summed E-state index contributed by atoms with van der Waals surface area (Å²) in [5.74, 6) is 1.02. The molecule has 102 valence electrons. The minimum absolute atomic E-state index is 0.00696. The zero-order valence-electron chi connectivity index (χ0n) is 11.3. The quantitative estimate of drug-likeness (QED) is 0.756. The van der Waals surface area contributed by atoms with Gasteiger partial charge in [0.05, 0.1) is 12.7 Å². The Labute approximate surface area is 108 Å². The van der Waals surface area contributed by atoms with Crippen molar-refractivity contribution < 1.29 is 9.84 Å². The fourth-order valence-corrected chi connectivity index (χ4v) is 1.65. The van der Waals surface area contributed by atoms with E-state index in [1.54, 1.807) is 0 Å². The van der Waals surface area contributed by atoms with E-state index in [9.17, 15) is 0 Å². The Hall–Kier alpha value is -1.56. The third kappa shape index (κ3) is 3.73. The van der Waals surface area contributed by atoms with E-state index in [1.807, 2.05) is 18.7 Å². The van der Waals surface area contributed by atoms with Gasteiger partial charge in [0.2, 0.25) is 5.88 Å². The number of ether oxygens (including phenoxy) is 1. The monoisotopic (exact) mass is 254 g/mol. The van der Waals surface area contributed by atoms with Crippen LogP contribution in [0, 0.1) is 0 Å². The van der Waals surface area contributed by atoms with Crippen LogP contribution in [0.15, 0.2) is 6.33 Å². The summed E-state index contributed by atoms with van der Waals surface area (Å²) in [6, 6.07) is 0. The van der Waals surface area contributed by atoms with Crippen molar-refractivity contribution in [2.24, 2.45) is 0 Å². The molecule has 1 rings (SSSR count). The topological polar surface area (TPSA) is 84.5 Å². The van der Waals surface area contributed by atoms with E-state index in [1.165, 1.54) is 6.33 Å². The molecule has 0 amide bonds. The molecule has 0 saturated heterocycles. The van der Waals surface area contributed by atoms with Crippen LogP contribution in [0.3, 0.4) is 0 Å². The van der Waals surface area contributed by atoms with Gasteiger partial charge in [0, 0.05) is 13.1 Å². The van der Waals surface area contributed by atoms with E-state index in [0.29, 0.717) is 23.9 Å². The average Bonchev–Trinajstić information content (AvgIpc) is 2.31. The summed E-state index contributed by atoms with van der Waals surface area (Å²) in [5.41, 5.74) is 6.44.